The highest BCUT2D eigenvalue weighted by atomic mass is 79.9. The van der Waals surface area contributed by atoms with Gasteiger partial charge in [-0.05, 0) is 36.4 Å². The molecule has 112 valence electrons. The molecule has 0 bridgehead atoms. The Morgan fingerprint density at radius 3 is 2.38 bits per heavy atom. The van der Waals surface area contributed by atoms with Crippen molar-refractivity contribution in [2.75, 3.05) is 14.2 Å². The minimum absolute atomic E-state index is 0.385. The number of alkyl halides is 1. The van der Waals surface area contributed by atoms with Crippen LogP contribution in [0.2, 0.25) is 5.02 Å². The Morgan fingerprint density at radius 2 is 1.71 bits per heavy atom. The van der Waals surface area contributed by atoms with Gasteiger partial charge in [-0.15, -0.1) is 0 Å². The monoisotopic (exact) mass is 370 g/mol. The summed E-state index contributed by atoms with van der Waals surface area (Å²) in [5, 5.41) is 1.34. The molecule has 0 radical (unpaired) electrons. The van der Waals surface area contributed by atoms with Crippen LogP contribution in [0, 0.1) is 0 Å². The van der Waals surface area contributed by atoms with Crippen molar-refractivity contribution in [1.82, 2.24) is 0 Å². The maximum Gasteiger partial charge on any atom is 0.125 e. The van der Waals surface area contributed by atoms with E-state index in [0.717, 1.165) is 28.4 Å². The fourth-order valence-corrected chi connectivity index (χ4v) is 2.58. The quantitative estimate of drug-likeness (QED) is 0.681. The second-order valence-corrected chi connectivity index (χ2v) is 5.35. The molecule has 0 N–H and O–H groups in total. The highest BCUT2D eigenvalue weighted by Gasteiger charge is 2.08. The van der Waals surface area contributed by atoms with Gasteiger partial charge in [0, 0.05) is 21.5 Å². The van der Waals surface area contributed by atoms with E-state index in [0.29, 0.717) is 17.0 Å². The van der Waals surface area contributed by atoms with Crippen LogP contribution >= 0.6 is 27.5 Å². The number of benzene rings is 2. The third-order valence-corrected chi connectivity index (χ3v) is 3.88. The van der Waals surface area contributed by atoms with Crippen LogP contribution in [0.15, 0.2) is 36.4 Å². The molecule has 0 heterocycles. The van der Waals surface area contributed by atoms with Gasteiger partial charge < -0.3 is 14.2 Å². The molecule has 0 atom stereocenters. The largest absolute Gasteiger partial charge is 0.497 e. The zero-order chi connectivity index (χ0) is 15.2. The van der Waals surface area contributed by atoms with Crippen LogP contribution in [-0.4, -0.2) is 14.2 Å². The van der Waals surface area contributed by atoms with E-state index in [1.165, 1.54) is 0 Å². The first-order valence-electron chi connectivity index (χ1n) is 6.36. The van der Waals surface area contributed by atoms with Crippen molar-refractivity contribution < 1.29 is 14.2 Å². The molecule has 5 heteroatoms. The molecule has 21 heavy (non-hydrogen) atoms. The van der Waals surface area contributed by atoms with Gasteiger partial charge in [-0.3, -0.25) is 0 Å². The van der Waals surface area contributed by atoms with Crippen LogP contribution in [0.25, 0.3) is 0 Å². The molecular formula is C16H16BrClO3. The summed E-state index contributed by atoms with van der Waals surface area (Å²) in [7, 11) is 3.27. The minimum atomic E-state index is 0.385. The van der Waals surface area contributed by atoms with Gasteiger partial charge in [0.25, 0.3) is 0 Å². The summed E-state index contributed by atoms with van der Waals surface area (Å²) in [5.41, 5.74) is 1.93. The van der Waals surface area contributed by atoms with Crippen molar-refractivity contribution in [1.29, 1.82) is 0 Å². The zero-order valence-electron chi connectivity index (χ0n) is 11.9. The van der Waals surface area contributed by atoms with E-state index in [-0.39, 0.29) is 0 Å². The van der Waals surface area contributed by atoms with Gasteiger partial charge in [0.15, 0.2) is 0 Å². The van der Waals surface area contributed by atoms with Gasteiger partial charge in [-0.1, -0.05) is 27.5 Å². The van der Waals surface area contributed by atoms with Crippen molar-refractivity contribution >= 4 is 27.5 Å². The smallest absolute Gasteiger partial charge is 0.125 e. The molecule has 0 saturated carbocycles. The van der Waals surface area contributed by atoms with Crippen molar-refractivity contribution in [3.05, 3.63) is 52.5 Å². The molecule has 0 spiro atoms. The summed E-state index contributed by atoms with van der Waals surface area (Å²) in [4.78, 5) is 0. The number of methoxy groups -OCH3 is 2. The van der Waals surface area contributed by atoms with E-state index in [1.807, 2.05) is 30.3 Å². The Balaban J connectivity index is 2.18. The third-order valence-electron chi connectivity index (χ3n) is 3.04. The van der Waals surface area contributed by atoms with Crippen LogP contribution in [0.3, 0.4) is 0 Å². The Morgan fingerprint density at radius 1 is 0.952 bits per heavy atom. The van der Waals surface area contributed by atoms with E-state index in [4.69, 9.17) is 25.8 Å². The molecule has 0 unspecified atom stereocenters. The van der Waals surface area contributed by atoms with E-state index in [1.54, 1.807) is 20.3 Å². The number of hydrogen-bond donors (Lipinski definition) is 0. The minimum Gasteiger partial charge on any atom is -0.497 e. The Hall–Kier alpha value is -1.39. The maximum atomic E-state index is 6.02. The van der Waals surface area contributed by atoms with Gasteiger partial charge in [-0.25, -0.2) is 0 Å². The molecule has 0 aliphatic carbocycles. The number of halogens is 2. The van der Waals surface area contributed by atoms with Crippen LogP contribution in [-0.2, 0) is 11.9 Å². The lowest BCUT2D eigenvalue weighted by atomic mass is 10.2. The van der Waals surface area contributed by atoms with Crippen molar-refractivity contribution in [2.45, 2.75) is 11.9 Å². The molecule has 2 aromatic carbocycles. The Bertz CT molecular complexity index is 616. The first-order chi connectivity index (χ1) is 10.2. The first kappa shape index (κ1) is 16.0. The molecular weight excluding hydrogens is 356 g/mol. The average Bonchev–Trinajstić information content (AvgIpc) is 2.52. The van der Waals surface area contributed by atoms with Crippen molar-refractivity contribution in [3.8, 4) is 17.2 Å². The molecule has 2 rings (SSSR count). The van der Waals surface area contributed by atoms with Crippen LogP contribution in [0.1, 0.15) is 11.1 Å². The standard InChI is InChI=1S/C16H16BrClO3/c1-19-14-4-6-16(11(8-14)9-17)21-10-12-7-13(18)3-5-15(12)20-2/h3-8H,9-10H2,1-2H3. The summed E-state index contributed by atoms with van der Waals surface area (Å²) in [6.45, 7) is 0.385. The molecule has 2 aromatic rings. The number of ether oxygens (including phenoxy) is 3. The lowest BCUT2D eigenvalue weighted by molar-refractivity contribution is 0.294. The van der Waals surface area contributed by atoms with Crippen molar-refractivity contribution in [2.24, 2.45) is 0 Å². The molecule has 0 amide bonds. The molecule has 0 saturated heterocycles. The molecule has 0 aliphatic rings. The molecule has 0 aliphatic heterocycles. The molecule has 3 nitrogen and oxygen atoms in total. The average molecular weight is 372 g/mol. The summed E-state index contributed by atoms with van der Waals surface area (Å²) in [6, 6.07) is 11.2. The van der Waals surface area contributed by atoms with E-state index < -0.39 is 0 Å². The van der Waals surface area contributed by atoms with Crippen LogP contribution in [0.4, 0.5) is 0 Å². The van der Waals surface area contributed by atoms with Gasteiger partial charge >= 0.3 is 0 Å². The zero-order valence-corrected chi connectivity index (χ0v) is 14.2. The second-order valence-electron chi connectivity index (χ2n) is 4.35. The first-order valence-corrected chi connectivity index (χ1v) is 7.86. The van der Waals surface area contributed by atoms with Crippen molar-refractivity contribution in [3.63, 3.8) is 0 Å². The summed E-state index contributed by atoms with van der Waals surface area (Å²) < 4.78 is 16.4. The topological polar surface area (TPSA) is 27.7 Å². The Labute approximate surface area is 137 Å². The van der Waals surface area contributed by atoms with Crippen LogP contribution in [0.5, 0.6) is 17.2 Å². The predicted molar refractivity (Wildman–Crippen MR) is 88.0 cm³/mol. The normalized spacial score (nSPS) is 10.3. The lowest BCUT2D eigenvalue weighted by Gasteiger charge is -2.13. The second kappa shape index (κ2) is 7.57. The molecule has 0 aromatic heterocycles. The number of rotatable bonds is 6. The highest BCUT2D eigenvalue weighted by molar-refractivity contribution is 9.08. The fraction of sp³-hybridized carbons (Fsp3) is 0.250. The van der Waals surface area contributed by atoms with Gasteiger partial charge in [0.05, 0.1) is 14.2 Å². The third kappa shape index (κ3) is 4.05. The van der Waals surface area contributed by atoms with Gasteiger partial charge in [0.1, 0.15) is 23.9 Å². The van der Waals surface area contributed by atoms with E-state index in [9.17, 15) is 0 Å². The van der Waals surface area contributed by atoms with E-state index >= 15 is 0 Å². The highest BCUT2D eigenvalue weighted by Crippen LogP contribution is 2.29. The van der Waals surface area contributed by atoms with Crippen LogP contribution < -0.4 is 14.2 Å². The lowest BCUT2D eigenvalue weighted by Crippen LogP contribution is -2.00. The van der Waals surface area contributed by atoms with Gasteiger partial charge in [0.2, 0.25) is 0 Å². The summed E-state index contributed by atoms with van der Waals surface area (Å²) in [5.74, 6) is 2.36. The Kier molecular flexibility index (Phi) is 5.76. The summed E-state index contributed by atoms with van der Waals surface area (Å²) in [6.07, 6.45) is 0. The number of hydrogen-bond acceptors (Lipinski definition) is 3. The SMILES string of the molecule is COc1ccc(OCc2cc(Cl)ccc2OC)c(CBr)c1. The summed E-state index contributed by atoms with van der Waals surface area (Å²) >= 11 is 9.47. The van der Waals surface area contributed by atoms with Gasteiger partial charge in [-0.2, -0.15) is 0 Å². The fourth-order valence-electron chi connectivity index (χ4n) is 1.94. The molecule has 0 fully saturated rings. The van der Waals surface area contributed by atoms with E-state index in [2.05, 4.69) is 15.9 Å². The maximum absolute atomic E-state index is 6.02. The predicted octanol–water partition coefficient (Wildman–Crippen LogP) is 4.83.